The number of aromatic nitrogens is 3. The molecule has 0 fully saturated rings. The van der Waals surface area contributed by atoms with Crippen LogP contribution in [-0.2, 0) is 6.18 Å². The second-order valence-corrected chi connectivity index (χ2v) is 7.73. The van der Waals surface area contributed by atoms with Crippen LogP contribution in [0.2, 0.25) is 0 Å². The molecule has 0 radical (unpaired) electrons. The molecule has 0 aliphatic heterocycles. The van der Waals surface area contributed by atoms with Crippen LogP contribution in [0.15, 0.2) is 73.2 Å². The molecular weight excluding hydrogens is 429 g/mol. The van der Waals surface area contributed by atoms with Crippen molar-refractivity contribution in [2.24, 2.45) is 0 Å². The van der Waals surface area contributed by atoms with E-state index in [0.29, 0.717) is 5.69 Å². The average molecular weight is 446 g/mol. The lowest BCUT2D eigenvalue weighted by atomic mass is 9.98. The molecule has 0 bridgehead atoms. The van der Waals surface area contributed by atoms with E-state index in [1.54, 1.807) is 12.3 Å². The van der Waals surface area contributed by atoms with E-state index in [9.17, 15) is 18.0 Å². The van der Waals surface area contributed by atoms with E-state index in [0.717, 1.165) is 50.8 Å². The Morgan fingerprint density at radius 3 is 2.67 bits per heavy atom. The van der Waals surface area contributed by atoms with E-state index in [1.807, 2.05) is 37.3 Å². The smallest absolute Gasteiger partial charge is 0.339 e. The standard InChI is InChI=1S/C25H17F3N4O/c1-14-5-7-18(31-24(33)16-3-2-4-17(9-16)25(26,27)28)11-19(14)15-6-8-22-20(10-15)21-12-29-13-30-23(21)32-22/h2-13H,1H3,(H,31,33)(H,29,30,32). The normalized spacial score (nSPS) is 11.8. The first-order valence-corrected chi connectivity index (χ1v) is 10.1. The van der Waals surface area contributed by atoms with Crippen LogP contribution in [-0.4, -0.2) is 20.9 Å². The molecule has 1 amide bonds. The van der Waals surface area contributed by atoms with Gasteiger partial charge in [-0.05, 0) is 66.1 Å². The fourth-order valence-corrected chi connectivity index (χ4v) is 3.85. The third-order valence-electron chi connectivity index (χ3n) is 5.53. The minimum absolute atomic E-state index is 0.0628. The van der Waals surface area contributed by atoms with E-state index in [2.05, 4.69) is 20.3 Å². The molecule has 5 rings (SSSR count). The highest BCUT2D eigenvalue weighted by Gasteiger charge is 2.30. The Kier molecular flexibility index (Phi) is 4.85. The third kappa shape index (κ3) is 3.91. The highest BCUT2D eigenvalue weighted by Crippen LogP contribution is 2.33. The summed E-state index contributed by atoms with van der Waals surface area (Å²) in [6.45, 7) is 1.95. The van der Waals surface area contributed by atoms with E-state index >= 15 is 0 Å². The maximum atomic E-state index is 13.0. The molecule has 2 aromatic heterocycles. The van der Waals surface area contributed by atoms with Crippen molar-refractivity contribution in [3.8, 4) is 11.1 Å². The number of anilines is 1. The van der Waals surface area contributed by atoms with Gasteiger partial charge in [-0.3, -0.25) is 4.79 Å². The lowest BCUT2D eigenvalue weighted by Gasteiger charge is -2.12. The zero-order chi connectivity index (χ0) is 23.2. The number of carbonyl (C=O) groups is 1. The first-order valence-electron chi connectivity index (χ1n) is 10.1. The first-order chi connectivity index (χ1) is 15.8. The number of aromatic amines is 1. The SMILES string of the molecule is Cc1ccc(NC(=O)c2cccc(C(F)(F)F)c2)cc1-c1ccc2[nH]c3ncncc3c2c1. The van der Waals surface area contributed by atoms with Gasteiger partial charge in [-0.1, -0.05) is 18.2 Å². The van der Waals surface area contributed by atoms with Crippen LogP contribution in [0.25, 0.3) is 33.1 Å². The second kappa shape index (κ2) is 7.74. The van der Waals surface area contributed by atoms with Gasteiger partial charge in [0.05, 0.1) is 5.56 Å². The molecule has 0 spiro atoms. The summed E-state index contributed by atoms with van der Waals surface area (Å²) in [7, 11) is 0. The van der Waals surface area contributed by atoms with Crippen molar-refractivity contribution in [1.82, 2.24) is 15.0 Å². The summed E-state index contributed by atoms with van der Waals surface area (Å²) < 4.78 is 39.0. The minimum atomic E-state index is -4.51. The number of rotatable bonds is 3. The molecule has 5 nitrogen and oxygen atoms in total. The highest BCUT2D eigenvalue weighted by molar-refractivity contribution is 6.07. The molecule has 8 heteroatoms. The Hall–Kier alpha value is -4.20. The molecule has 0 atom stereocenters. The Labute approximate surface area is 186 Å². The molecule has 2 heterocycles. The number of benzene rings is 3. The van der Waals surface area contributed by atoms with Crippen LogP contribution in [0.4, 0.5) is 18.9 Å². The van der Waals surface area contributed by atoms with Crippen LogP contribution in [0.1, 0.15) is 21.5 Å². The Morgan fingerprint density at radius 1 is 1.00 bits per heavy atom. The summed E-state index contributed by atoms with van der Waals surface area (Å²) in [5.74, 6) is -0.611. The van der Waals surface area contributed by atoms with E-state index in [4.69, 9.17) is 0 Å². The zero-order valence-electron chi connectivity index (χ0n) is 17.4. The third-order valence-corrected chi connectivity index (χ3v) is 5.53. The topological polar surface area (TPSA) is 70.7 Å². The van der Waals surface area contributed by atoms with Crippen LogP contribution in [0.3, 0.4) is 0 Å². The number of halogens is 3. The van der Waals surface area contributed by atoms with E-state index in [1.165, 1.54) is 18.5 Å². The van der Waals surface area contributed by atoms with Gasteiger partial charge in [0, 0.05) is 33.7 Å². The van der Waals surface area contributed by atoms with Crippen molar-refractivity contribution < 1.29 is 18.0 Å². The quantitative estimate of drug-likeness (QED) is 0.339. The lowest BCUT2D eigenvalue weighted by Crippen LogP contribution is -2.14. The van der Waals surface area contributed by atoms with E-state index < -0.39 is 17.6 Å². The van der Waals surface area contributed by atoms with Crippen LogP contribution in [0, 0.1) is 6.92 Å². The van der Waals surface area contributed by atoms with Crippen molar-refractivity contribution in [3.05, 3.63) is 89.9 Å². The molecule has 0 unspecified atom stereocenters. The van der Waals surface area contributed by atoms with Crippen molar-refractivity contribution >= 4 is 33.5 Å². The summed E-state index contributed by atoms with van der Waals surface area (Å²) in [4.78, 5) is 24.2. The predicted molar refractivity (Wildman–Crippen MR) is 121 cm³/mol. The van der Waals surface area contributed by atoms with Gasteiger partial charge in [-0.25, -0.2) is 9.97 Å². The van der Waals surface area contributed by atoms with Crippen molar-refractivity contribution in [1.29, 1.82) is 0 Å². The maximum Gasteiger partial charge on any atom is 0.416 e. The summed E-state index contributed by atoms with van der Waals surface area (Å²) in [5.41, 5.74) is 4.05. The number of alkyl halides is 3. The lowest BCUT2D eigenvalue weighted by molar-refractivity contribution is -0.137. The van der Waals surface area contributed by atoms with Crippen molar-refractivity contribution in [2.45, 2.75) is 13.1 Å². The zero-order valence-corrected chi connectivity index (χ0v) is 17.4. The van der Waals surface area contributed by atoms with Crippen molar-refractivity contribution in [2.75, 3.05) is 5.32 Å². The van der Waals surface area contributed by atoms with Crippen LogP contribution >= 0.6 is 0 Å². The molecule has 0 aliphatic rings. The average Bonchev–Trinajstić information content (AvgIpc) is 3.18. The van der Waals surface area contributed by atoms with Crippen LogP contribution in [0.5, 0.6) is 0 Å². The first kappa shape index (κ1) is 20.7. The molecule has 0 saturated heterocycles. The van der Waals surface area contributed by atoms with E-state index in [-0.39, 0.29) is 5.56 Å². The molecule has 33 heavy (non-hydrogen) atoms. The number of fused-ring (bicyclic) bond motifs is 3. The predicted octanol–water partition coefficient (Wildman–Crippen LogP) is 6.36. The molecule has 0 aliphatic carbocycles. The molecular formula is C25H17F3N4O. The Bertz CT molecular complexity index is 1520. The summed E-state index contributed by atoms with van der Waals surface area (Å²) in [6, 6.07) is 15.7. The number of amides is 1. The van der Waals surface area contributed by atoms with Gasteiger partial charge in [0.1, 0.15) is 12.0 Å². The van der Waals surface area contributed by atoms with Gasteiger partial charge >= 0.3 is 6.18 Å². The number of carbonyl (C=O) groups excluding carboxylic acids is 1. The minimum Gasteiger partial charge on any atom is -0.339 e. The summed E-state index contributed by atoms with van der Waals surface area (Å²) in [6.07, 6.45) is -1.28. The number of aryl methyl sites for hydroxylation is 1. The Morgan fingerprint density at radius 2 is 1.85 bits per heavy atom. The van der Waals surface area contributed by atoms with Gasteiger partial charge in [0.25, 0.3) is 5.91 Å². The van der Waals surface area contributed by atoms with Crippen LogP contribution < -0.4 is 5.32 Å². The highest BCUT2D eigenvalue weighted by atomic mass is 19.4. The van der Waals surface area contributed by atoms with Gasteiger partial charge in [0.2, 0.25) is 0 Å². The maximum absolute atomic E-state index is 13.0. The van der Waals surface area contributed by atoms with Crippen molar-refractivity contribution in [3.63, 3.8) is 0 Å². The van der Waals surface area contributed by atoms with Gasteiger partial charge < -0.3 is 10.3 Å². The molecule has 5 aromatic rings. The second-order valence-electron chi connectivity index (χ2n) is 7.73. The molecule has 0 saturated carbocycles. The summed E-state index contributed by atoms with van der Waals surface area (Å²) >= 11 is 0. The molecule has 3 aromatic carbocycles. The fraction of sp³-hybridized carbons (Fsp3) is 0.0800. The molecule has 2 N–H and O–H groups in total. The number of H-pyrrole nitrogens is 1. The van der Waals surface area contributed by atoms with Gasteiger partial charge in [-0.2, -0.15) is 13.2 Å². The number of nitrogens with one attached hydrogen (secondary N) is 2. The largest absolute Gasteiger partial charge is 0.416 e. The number of hydrogen-bond acceptors (Lipinski definition) is 3. The monoisotopic (exact) mass is 446 g/mol. The number of nitrogens with zero attached hydrogens (tertiary/aromatic N) is 2. The Balaban J connectivity index is 1.49. The fourth-order valence-electron chi connectivity index (χ4n) is 3.85. The molecule has 164 valence electrons. The van der Waals surface area contributed by atoms with Gasteiger partial charge in [0.15, 0.2) is 0 Å². The summed E-state index contributed by atoms with van der Waals surface area (Å²) in [5, 5.41) is 4.58. The van der Waals surface area contributed by atoms with Gasteiger partial charge in [-0.15, -0.1) is 0 Å². The number of hydrogen-bond donors (Lipinski definition) is 2.